The van der Waals surface area contributed by atoms with Crippen LogP contribution in [0.25, 0.3) is 10.8 Å². The van der Waals surface area contributed by atoms with E-state index in [2.05, 4.69) is 21.3 Å². The molecule has 0 unspecified atom stereocenters. The first kappa shape index (κ1) is 13.2. The molecule has 1 aliphatic heterocycles. The van der Waals surface area contributed by atoms with Gasteiger partial charge in [-0.3, -0.25) is 4.98 Å². The molecule has 1 saturated heterocycles. The van der Waals surface area contributed by atoms with Crippen LogP contribution < -0.4 is 11.1 Å². The SMILES string of the molecule is Nc1ccc(NCCCN2CCCC2)c2ccncc12. The minimum atomic E-state index is 0.788. The van der Waals surface area contributed by atoms with E-state index >= 15 is 0 Å². The van der Waals surface area contributed by atoms with Crippen LogP contribution in [-0.4, -0.2) is 36.1 Å². The summed E-state index contributed by atoms with van der Waals surface area (Å²) in [6.07, 6.45) is 7.56. The first-order valence-electron chi connectivity index (χ1n) is 7.43. The molecule has 106 valence electrons. The van der Waals surface area contributed by atoms with E-state index in [1.807, 2.05) is 24.5 Å². The number of pyridine rings is 1. The van der Waals surface area contributed by atoms with Crippen molar-refractivity contribution in [3.63, 3.8) is 0 Å². The van der Waals surface area contributed by atoms with Gasteiger partial charge in [-0.1, -0.05) is 0 Å². The van der Waals surface area contributed by atoms with E-state index in [4.69, 9.17) is 5.73 Å². The molecule has 1 aliphatic rings. The highest BCUT2D eigenvalue weighted by Crippen LogP contribution is 2.27. The van der Waals surface area contributed by atoms with E-state index in [0.717, 1.165) is 28.7 Å². The molecule has 0 saturated carbocycles. The monoisotopic (exact) mass is 270 g/mol. The summed E-state index contributed by atoms with van der Waals surface area (Å²) in [6.45, 7) is 4.74. The minimum Gasteiger partial charge on any atom is -0.398 e. The molecule has 3 rings (SSSR count). The van der Waals surface area contributed by atoms with Crippen LogP contribution in [0.15, 0.2) is 30.6 Å². The summed E-state index contributed by atoms with van der Waals surface area (Å²) in [5.74, 6) is 0. The van der Waals surface area contributed by atoms with Gasteiger partial charge in [-0.25, -0.2) is 0 Å². The van der Waals surface area contributed by atoms with Crippen molar-refractivity contribution in [1.29, 1.82) is 0 Å². The number of nitrogen functional groups attached to an aromatic ring is 1. The fourth-order valence-electron chi connectivity index (χ4n) is 2.90. The number of aromatic nitrogens is 1. The van der Waals surface area contributed by atoms with Gasteiger partial charge in [0.15, 0.2) is 0 Å². The Labute approximate surface area is 120 Å². The number of anilines is 2. The lowest BCUT2D eigenvalue weighted by atomic mass is 10.1. The third-order valence-corrected chi connectivity index (χ3v) is 4.02. The maximum atomic E-state index is 5.99. The van der Waals surface area contributed by atoms with Gasteiger partial charge >= 0.3 is 0 Å². The van der Waals surface area contributed by atoms with E-state index in [-0.39, 0.29) is 0 Å². The Morgan fingerprint density at radius 1 is 1.15 bits per heavy atom. The molecular formula is C16H22N4. The first-order valence-corrected chi connectivity index (χ1v) is 7.43. The van der Waals surface area contributed by atoms with Gasteiger partial charge < -0.3 is 16.0 Å². The van der Waals surface area contributed by atoms with Crippen LogP contribution in [0.4, 0.5) is 11.4 Å². The second-order valence-corrected chi connectivity index (χ2v) is 5.45. The molecule has 0 atom stereocenters. The number of hydrogen-bond donors (Lipinski definition) is 2. The third-order valence-electron chi connectivity index (χ3n) is 4.02. The number of nitrogens with zero attached hydrogens (tertiary/aromatic N) is 2. The third kappa shape index (κ3) is 2.85. The van der Waals surface area contributed by atoms with Crippen molar-refractivity contribution in [2.24, 2.45) is 0 Å². The van der Waals surface area contributed by atoms with E-state index < -0.39 is 0 Å². The van der Waals surface area contributed by atoms with Gasteiger partial charge in [0.1, 0.15) is 0 Å². The quantitative estimate of drug-likeness (QED) is 0.648. The van der Waals surface area contributed by atoms with Crippen molar-refractivity contribution in [2.75, 3.05) is 37.2 Å². The standard InChI is InChI=1S/C16H22N4/c17-15-4-5-16(13-6-8-18-12-14(13)15)19-7-3-11-20-9-1-2-10-20/h4-6,8,12,19H,1-3,7,9-11,17H2. The first-order chi connectivity index (χ1) is 9.84. The number of likely N-dealkylation sites (tertiary alicyclic amines) is 1. The van der Waals surface area contributed by atoms with E-state index in [1.165, 1.54) is 38.9 Å². The highest BCUT2D eigenvalue weighted by Gasteiger charge is 2.10. The maximum absolute atomic E-state index is 5.99. The number of benzene rings is 1. The molecule has 1 fully saturated rings. The number of hydrogen-bond acceptors (Lipinski definition) is 4. The summed E-state index contributed by atoms with van der Waals surface area (Å²) in [5, 5.41) is 5.71. The lowest BCUT2D eigenvalue weighted by Gasteiger charge is -2.15. The van der Waals surface area contributed by atoms with Gasteiger partial charge in [0.05, 0.1) is 0 Å². The Kier molecular flexibility index (Phi) is 4.02. The average Bonchev–Trinajstić information content (AvgIpc) is 2.99. The summed E-state index contributed by atoms with van der Waals surface area (Å²) >= 11 is 0. The molecule has 0 spiro atoms. The Hall–Kier alpha value is -1.81. The number of rotatable bonds is 5. The molecule has 20 heavy (non-hydrogen) atoms. The molecule has 3 N–H and O–H groups in total. The topological polar surface area (TPSA) is 54.2 Å². The van der Waals surface area contributed by atoms with Crippen molar-refractivity contribution in [3.8, 4) is 0 Å². The molecule has 0 aliphatic carbocycles. The van der Waals surface area contributed by atoms with Gasteiger partial charge in [-0.15, -0.1) is 0 Å². The smallest absolute Gasteiger partial charge is 0.0422 e. The zero-order chi connectivity index (χ0) is 13.8. The number of nitrogens with one attached hydrogen (secondary N) is 1. The van der Waals surface area contributed by atoms with Gasteiger partial charge in [-0.05, 0) is 57.1 Å². The van der Waals surface area contributed by atoms with Crippen LogP contribution in [0.5, 0.6) is 0 Å². The molecule has 0 radical (unpaired) electrons. The largest absolute Gasteiger partial charge is 0.398 e. The molecule has 2 heterocycles. The Balaban J connectivity index is 1.61. The van der Waals surface area contributed by atoms with Crippen molar-refractivity contribution in [1.82, 2.24) is 9.88 Å². The molecule has 1 aromatic carbocycles. The normalized spacial score (nSPS) is 15.8. The number of fused-ring (bicyclic) bond motifs is 1. The molecule has 4 nitrogen and oxygen atoms in total. The highest BCUT2D eigenvalue weighted by atomic mass is 15.1. The fourth-order valence-corrected chi connectivity index (χ4v) is 2.90. The Morgan fingerprint density at radius 3 is 2.85 bits per heavy atom. The highest BCUT2D eigenvalue weighted by molar-refractivity contribution is 6.00. The number of nitrogens with two attached hydrogens (primary N) is 1. The lowest BCUT2D eigenvalue weighted by Crippen LogP contribution is -2.22. The van der Waals surface area contributed by atoms with Crippen molar-refractivity contribution >= 4 is 22.1 Å². The zero-order valence-corrected chi connectivity index (χ0v) is 11.8. The molecule has 4 heteroatoms. The van der Waals surface area contributed by atoms with Crippen molar-refractivity contribution in [3.05, 3.63) is 30.6 Å². The summed E-state index contributed by atoms with van der Waals surface area (Å²) in [4.78, 5) is 6.70. The second-order valence-electron chi connectivity index (χ2n) is 5.45. The summed E-state index contributed by atoms with van der Waals surface area (Å²) in [6, 6.07) is 6.04. The van der Waals surface area contributed by atoms with Crippen LogP contribution >= 0.6 is 0 Å². The predicted octanol–water partition coefficient (Wildman–Crippen LogP) is 2.71. The summed E-state index contributed by atoms with van der Waals surface area (Å²) in [7, 11) is 0. The van der Waals surface area contributed by atoms with Gasteiger partial charge in [0.2, 0.25) is 0 Å². The van der Waals surface area contributed by atoms with Gasteiger partial charge in [0.25, 0.3) is 0 Å². The fraction of sp³-hybridized carbons (Fsp3) is 0.438. The zero-order valence-electron chi connectivity index (χ0n) is 11.8. The summed E-state index contributed by atoms with van der Waals surface area (Å²) < 4.78 is 0. The average molecular weight is 270 g/mol. The second kappa shape index (κ2) is 6.09. The van der Waals surface area contributed by atoms with Gasteiger partial charge in [-0.2, -0.15) is 0 Å². The van der Waals surface area contributed by atoms with Crippen molar-refractivity contribution in [2.45, 2.75) is 19.3 Å². The molecule has 1 aromatic heterocycles. The maximum Gasteiger partial charge on any atom is 0.0422 e. The van der Waals surface area contributed by atoms with Gasteiger partial charge in [0, 0.05) is 41.1 Å². The van der Waals surface area contributed by atoms with Crippen LogP contribution in [0.1, 0.15) is 19.3 Å². The molecular weight excluding hydrogens is 248 g/mol. The van der Waals surface area contributed by atoms with Crippen LogP contribution in [0.3, 0.4) is 0 Å². The molecule has 2 aromatic rings. The molecule has 0 amide bonds. The Morgan fingerprint density at radius 2 is 2.00 bits per heavy atom. The Bertz CT molecular complexity index is 576. The van der Waals surface area contributed by atoms with Crippen LogP contribution in [0, 0.1) is 0 Å². The van der Waals surface area contributed by atoms with E-state index in [1.54, 1.807) is 0 Å². The summed E-state index contributed by atoms with van der Waals surface area (Å²) in [5.41, 5.74) is 7.93. The molecule has 0 bridgehead atoms. The van der Waals surface area contributed by atoms with Crippen LogP contribution in [0.2, 0.25) is 0 Å². The van der Waals surface area contributed by atoms with Crippen LogP contribution in [-0.2, 0) is 0 Å². The lowest BCUT2D eigenvalue weighted by molar-refractivity contribution is 0.337. The van der Waals surface area contributed by atoms with E-state index in [0.29, 0.717) is 0 Å². The van der Waals surface area contributed by atoms with E-state index in [9.17, 15) is 0 Å². The predicted molar refractivity (Wildman–Crippen MR) is 84.9 cm³/mol. The van der Waals surface area contributed by atoms with Crippen molar-refractivity contribution < 1.29 is 0 Å². The minimum absolute atomic E-state index is 0.788.